The quantitative estimate of drug-likeness (QED) is 0.695. The van der Waals surface area contributed by atoms with Gasteiger partial charge in [-0.05, 0) is 49.1 Å². The second-order valence-corrected chi connectivity index (χ2v) is 8.26. The van der Waals surface area contributed by atoms with Crippen molar-refractivity contribution in [2.75, 3.05) is 24.9 Å². The van der Waals surface area contributed by atoms with Gasteiger partial charge in [-0.2, -0.15) is 0 Å². The maximum Gasteiger partial charge on any atom is 0.255 e. The summed E-state index contributed by atoms with van der Waals surface area (Å²) in [6.45, 7) is 0. The van der Waals surface area contributed by atoms with E-state index in [0.29, 0.717) is 46.7 Å². The molecule has 2 aromatic rings. The van der Waals surface area contributed by atoms with Crippen LogP contribution in [0.2, 0.25) is 0 Å². The van der Waals surface area contributed by atoms with Crippen LogP contribution in [-0.4, -0.2) is 26.0 Å². The van der Waals surface area contributed by atoms with Crippen molar-refractivity contribution in [3.8, 4) is 11.5 Å². The Kier molecular flexibility index (Phi) is 5.93. The Balaban J connectivity index is 1.48. The molecule has 2 aromatic carbocycles. The van der Waals surface area contributed by atoms with E-state index in [1.807, 2.05) is 18.2 Å². The van der Waals surface area contributed by atoms with Gasteiger partial charge in [0.1, 0.15) is 11.5 Å². The monoisotopic (exact) mass is 408 g/mol. The summed E-state index contributed by atoms with van der Waals surface area (Å²) < 4.78 is 10.9. The third-order valence-corrected chi connectivity index (χ3v) is 6.41. The average molecular weight is 408 g/mol. The lowest BCUT2D eigenvalue weighted by molar-refractivity contribution is -0.117. The summed E-state index contributed by atoms with van der Waals surface area (Å²) in [6, 6.07) is 12.3. The molecule has 0 aromatic heterocycles. The highest BCUT2D eigenvalue weighted by Crippen LogP contribution is 2.49. The van der Waals surface area contributed by atoms with Gasteiger partial charge < -0.3 is 20.1 Å². The molecular formula is C24H28N2O4. The van der Waals surface area contributed by atoms with Crippen LogP contribution in [0.3, 0.4) is 0 Å². The average Bonchev–Trinajstić information content (AvgIpc) is 3.38. The standard InChI is InChI=1S/C24H28N2O4/c1-29-21-14-20(26-24(28)16-6-4-3-5-7-16)22(30-2)13-19(21)25-23(27)12-18-11-15-8-9-17(18)10-15/h3-7,13-15,17-18H,8-12H2,1-2H3,(H,25,27)(H,26,28)/t15-,17+,18+/m0/s1. The number of hydrogen-bond acceptors (Lipinski definition) is 4. The van der Waals surface area contributed by atoms with Crippen LogP contribution in [-0.2, 0) is 4.79 Å². The Morgan fingerprint density at radius 1 is 0.933 bits per heavy atom. The molecule has 6 heteroatoms. The summed E-state index contributed by atoms with van der Waals surface area (Å²) in [4.78, 5) is 25.2. The first-order valence-electron chi connectivity index (χ1n) is 10.5. The molecule has 0 spiro atoms. The Hall–Kier alpha value is -3.02. The molecule has 30 heavy (non-hydrogen) atoms. The highest BCUT2D eigenvalue weighted by Gasteiger charge is 2.40. The van der Waals surface area contributed by atoms with Crippen molar-refractivity contribution in [3.05, 3.63) is 48.0 Å². The van der Waals surface area contributed by atoms with Crippen LogP contribution in [0, 0.1) is 17.8 Å². The number of carbonyl (C=O) groups is 2. The van der Waals surface area contributed by atoms with Crippen molar-refractivity contribution >= 4 is 23.2 Å². The van der Waals surface area contributed by atoms with Crippen LogP contribution >= 0.6 is 0 Å². The number of amides is 2. The van der Waals surface area contributed by atoms with Crippen molar-refractivity contribution in [1.29, 1.82) is 0 Å². The molecule has 2 amide bonds. The third-order valence-electron chi connectivity index (χ3n) is 6.41. The molecule has 0 unspecified atom stereocenters. The van der Waals surface area contributed by atoms with Gasteiger partial charge in [0.05, 0.1) is 25.6 Å². The normalized spacial score (nSPS) is 21.9. The minimum atomic E-state index is -0.246. The molecule has 4 rings (SSSR count). The lowest BCUT2D eigenvalue weighted by Crippen LogP contribution is -2.20. The van der Waals surface area contributed by atoms with E-state index >= 15 is 0 Å². The van der Waals surface area contributed by atoms with Crippen molar-refractivity contribution in [2.24, 2.45) is 17.8 Å². The fourth-order valence-corrected chi connectivity index (χ4v) is 4.94. The lowest BCUT2D eigenvalue weighted by atomic mass is 9.86. The van der Waals surface area contributed by atoms with Crippen molar-refractivity contribution in [1.82, 2.24) is 0 Å². The highest BCUT2D eigenvalue weighted by atomic mass is 16.5. The molecule has 2 aliphatic carbocycles. The van der Waals surface area contributed by atoms with Gasteiger partial charge in [-0.1, -0.05) is 24.6 Å². The largest absolute Gasteiger partial charge is 0.494 e. The van der Waals surface area contributed by atoms with Gasteiger partial charge in [0.25, 0.3) is 5.91 Å². The molecule has 0 aliphatic heterocycles. The van der Waals surface area contributed by atoms with Gasteiger partial charge in [0, 0.05) is 24.1 Å². The van der Waals surface area contributed by atoms with Crippen LogP contribution in [0.4, 0.5) is 11.4 Å². The molecule has 2 saturated carbocycles. The van der Waals surface area contributed by atoms with E-state index in [9.17, 15) is 9.59 Å². The SMILES string of the molecule is COc1cc(NC(=O)c2ccccc2)c(OC)cc1NC(=O)C[C@H]1C[C@H]2CC[C@@H]1C2. The van der Waals surface area contributed by atoms with Crippen LogP contribution in [0.25, 0.3) is 0 Å². The number of anilines is 2. The van der Waals surface area contributed by atoms with Crippen molar-refractivity contribution < 1.29 is 19.1 Å². The van der Waals surface area contributed by atoms with Crippen molar-refractivity contribution in [3.63, 3.8) is 0 Å². The molecule has 2 bridgehead atoms. The van der Waals surface area contributed by atoms with Gasteiger partial charge in [-0.25, -0.2) is 0 Å². The summed E-state index contributed by atoms with van der Waals surface area (Å²) in [6.07, 6.45) is 5.58. The van der Waals surface area contributed by atoms with Gasteiger partial charge in [-0.15, -0.1) is 0 Å². The van der Waals surface area contributed by atoms with Gasteiger partial charge >= 0.3 is 0 Å². The predicted molar refractivity (Wildman–Crippen MR) is 116 cm³/mol. The first-order valence-corrected chi connectivity index (χ1v) is 10.5. The zero-order valence-electron chi connectivity index (χ0n) is 17.4. The molecular weight excluding hydrogens is 380 g/mol. The molecule has 3 atom stereocenters. The Bertz CT molecular complexity index is 928. The molecule has 2 fully saturated rings. The number of nitrogens with one attached hydrogen (secondary N) is 2. The zero-order valence-corrected chi connectivity index (χ0v) is 17.4. The van der Waals surface area contributed by atoms with E-state index in [1.165, 1.54) is 39.9 Å². The summed E-state index contributed by atoms with van der Waals surface area (Å²) in [5.74, 6) is 2.68. The first-order chi connectivity index (χ1) is 14.6. The van der Waals surface area contributed by atoms with Gasteiger partial charge in [-0.3, -0.25) is 9.59 Å². The second-order valence-electron chi connectivity index (χ2n) is 8.26. The fraction of sp³-hybridized carbons (Fsp3) is 0.417. The highest BCUT2D eigenvalue weighted by molar-refractivity contribution is 6.05. The Labute approximate surface area is 177 Å². The summed E-state index contributed by atoms with van der Waals surface area (Å²) in [5, 5.41) is 5.83. The Morgan fingerprint density at radius 3 is 2.17 bits per heavy atom. The van der Waals surface area contributed by atoms with E-state index < -0.39 is 0 Å². The van der Waals surface area contributed by atoms with Crippen LogP contribution in [0.15, 0.2) is 42.5 Å². The summed E-state index contributed by atoms with van der Waals surface area (Å²) in [7, 11) is 3.07. The third kappa shape index (κ3) is 4.27. The number of rotatable bonds is 7. The lowest BCUT2D eigenvalue weighted by Gasteiger charge is -2.21. The number of methoxy groups -OCH3 is 2. The maximum atomic E-state index is 12.7. The topological polar surface area (TPSA) is 76.7 Å². The van der Waals surface area contributed by atoms with E-state index in [2.05, 4.69) is 10.6 Å². The molecule has 2 aliphatic rings. The molecule has 2 N–H and O–H groups in total. The number of hydrogen-bond donors (Lipinski definition) is 2. The second kappa shape index (κ2) is 8.78. The van der Waals surface area contributed by atoms with Crippen LogP contribution in [0.1, 0.15) is 42.5 Å². The fourth-order valence-electron chi connectivity index (χ4n) is 4.94. The molecule has 0 heterocycles. The summed E-state index contributed by atoms with van der Waals surface area (Å²) in [5.41, 5.74) is 1.57. The number of fused-ring (bicyclic) bond motifs is 2. The first kappa shape index (κ1) is 20.3. The van der Waals surface area contributed by atoms with Crippen LogP contribution < -0.4 is 20.1 Å². The predicted octanol–water partition coefficient (Wildman–Crippen LogP) is 4.72. The smallest absolute Gasteiger partial charge is 0.255 e. The number of ether oxygens (including phenoxy) is 2. The molecule has 0 saturated heterocycles. The molecule has 158 valence electrons. The van der Waals surface area contributed by atoms with E-state index in [1.54, 1.807) is 24.3 Å². The minimum Gasteiger partial charge on any atom is -0.494 e. The van der Waals surface area contributed by atoms with Crippen molar-refractivity contribution in [2.45, 2.75) is 32.1 Å². The van der Waals surface area contributed by atoms with Gasteiger partial charge in [0.2, 0.25) is 5.91 Å². The minimum absolute atomic E-state index is 0.00558. The van der Waals surface area contributed by atoms with E-state index in [4.69, 9.17) is 9.47 Å². The van der Waals surface area contributed by atoms with Crippen LogP contribution in [0.5, 0.6) is 11.5 Å². The maximum absolute atomic E-state index is 12.7. The number of benzene rings is 2. The van der Waals surface area contributed by atoms with E-state index in [-0.39, 0.29) is 11.8 Å². The molecule has 6 nitrogen and oxygen atoms in total. The van der Waals surface area contributed by atoms with Gasteiger partial charge in [0.15, 0.2) is 0 Å². The number of carbonyl (C=O) groups excluding carboxylic acids is 2. The zero-order chi connectivity index (χ0) is 21.1. The Morgan fingerprint density at radius 2 is 1.60 bits per heavy atom. The molecule has 0 radical (unpaired) electrons. The summed E-state index contributed by atoms with van der Waals surface area (Å²) >= 11 is 0. The van der Waals surface area contributed by atoms with E-state index in [0.717, 1.165) is 5.92 Å².